The molecule has 0 radical (unpaired) electrons. The van der Waals surface area contributed by atoms with Gasteiger partial charge in [-0.15, -0.1) is 0 Å². The van der Waals surface area contributed by atoms with Crippen LogP contribution in [0.1, 0.15) is 50.5 Å². The molecule has 1 aromatic carbocycles. The summed E-state index contributed by atoms with van der Waals surface area (Å²) in [6, 6.07) is 5.75. The molecule has 1 aliphatic heterocycles. The minimum atomic E-state index is -3.42. The lowest BCUT2D eigenvalue weighted by Crippen LogP contribution is -2.50. The molecule has 0 aromatic heterocycles. The highest BCUT2D eigenvalue weighted by Crippen LogP contribution is 2.35. The number of carbonyl (C=O) groups is 1. The fourth-order valence-electron chi connectivity index (χ4n) is 4.74. The summed E-state index contributed by atoms with van der Waals surface area (Å²) < 4.78 is 50.7. The van der Waals surface area contributed by atoms with Crippen molar-refractivity contribution in [1.29, 1.82) is 0 Å². The molecular weight excluding hydrogens is 411 g/mol. The lowest BCUT2D eigenvalue weighted by Gasteiger charge is -2.33. The molecule has 7 nitrogen and oxygen atoms in total. The summed E-state index contributed by atoms with van der Waals surface area (Å²) in [5.41, 5.74) is 1.02. The Labute approximate surface area is 178 Å². The molecule has 30 heavy (non-hydrogen) atoms. The normalized spacial score (nSPS) is 29.7. The molecule has 3 atom stereocenters. The van der Waals surface area contributed by atoms with Gasteiger partial charge in [0, 0.05) is 12.1 Å². The van der Waals surface area contributed by atoms with E-state index in [-0.39, 0.29) is 24.6 Å². The van der Waals surface area contributed by atoms with Gasteiger partial charge in [0.2, 0.25) is 10.0 Å². The molecule has 1 heterocycles. The Balaban J connectivity index is 1.60. The Kier molecular flexibility index (Phi) is 7.36. The fraction of sp³-hybridized carbons (Fsp3) is 0.667. The van der Waals surface area contributed by atoms with Crippen molar-refractivity contribution in [1.82, 2.24) is 9.62 Å². The van der Waals surface area contributed by atoms with Crippen molar-refractivity contribution in [2.24, 2.45) is 0 Å². The highest BCUT2D eigenvalue weighted by Gasteiger charge is 2.44. The first kappa shape index (κ1) is 23.0. The number of benzene rings is 1. The van der Waals surface area contributed by atoms with Crippen LogP contribution in [0.15, 0.2) is 24.3 Å². The average molecular weight is 443 g/mol. The van der Waals surface area contributed by atoms with E-state index in [1.807, 2.05) is 13.0 Å². The summed E-state index contributed by atoms with van der Waals surface area (Å²) in [5.74, 6) is 0.104. The first-order chi connectivity index (χ1) is 14.2. The minimum absolute atomic E-state index is 0.0316. The summed E-state index contributed by atoms with van der Waals surface area (Å²) >= 11 is 0. The van der Waals surface area contributed by atoms with Crippen molar-refractivity contribution in [3.05, 3.63) is 35.6 Å². The third-order valence-corrected chi connectivity index (χ3v) is 6.87. The van der Waals surface area contributed by atoms with Gasteiger partial charge in [0.05, 0.1) is 32.1 Å². The second-order valence-electron chi connectivity index (χ2n) is 8.39. The maximum Gasteiger partial charge on any atom is 0.410 e. The summed E-state index contributed by atoms with van der Waals surface area (Å²) in [5, 5.41) is 0. The molecule has 0 bridgehead atoms. The van der Waals surface area contributed by atoms with Crippen LogP contribution in [0.5, 0.6) is 0 Å². The molecule has 2 aliphatic rings. The zero-order valence-corrected chi connectivity index (χ0v) is 18.5. The third-order valence-electron chi connectivity index (χ3n) is 6.14. The van der Waals surface area contributed by atoms with E-state index in [2.05, 4.69) is 4.72 Å². The standard InChI is InChI=1S/C21H31FN2O5S/c1-14-11-19(23-30(3,26)27)20(24(14)21(25)28-2)13-29-18-9-7-15(8-10-18)16-5-4-6-17(22)12-16/h4-6,12,14-15,18-20,23H,7-11,13H2,1-3H3/t14-,15?,18?,19+,20+/m0/s1. The number of rotatable bonds is 6. The molecule has 168 valence electrons. The number of ether oxygens (including phenoxy) is 2. The van der Waals surface area contributed by atoms with Gasteiger partial charge in [0.15, 0.2) is 0 Å². The number of halogens is 1. The summed E-state index contributed by atoms with van der Waals surface area (Å²) in [4.78, 5) is 13.8. The van der Waals surface area contributed by atoms with Crippen molar-refractivity contribution in [2.75, 3.05) is 20.0 Å². The van der Waals surface area contributed by atoms with Crippen molar-refractivity contribution in [3.63, 3.8) is 0 Å². The third kappa shape index (κ3) is 5.70. The van der Waals surface area contributed by atoms with Crippen LogP contribution in [0.25, 0.3) is 0 Å². The van der Waals surface area contributed by atoms with Gasteiger partial charge in [-0.2, -0.15) is 0 Å². The Morgan fingerprint density at radius 3 is 2.57 bits per heavy atom. The van der Waals surface area contributed by atoms with Crippen LogP contribution in [0.4, 0.5) is 9.18 Å². The Morgan fingerprint density at radius 1 is 1.27 bits per heavy atom. The number of carbonyl (C=O) groups excluding carboxylic acids is 1. The molecule has 1 saturated carbocycles. The smallest absolute Gasteiger partial charge is 0.410 e. The number of likely N-dealkylation sites (tertiary alicyclic amines) is 1. The van der Waals surface area contributed by atoms with E-state index < -0.39 is 28.2 Å². The maximum absolute atomic E-state index is 13.5. The molecule has 9 heteroatoms. The summed E-state index contributed by atoms with van der Waals surface area (Å²) in [7, 11) is -2.10. The Hall–Kier alpha value is -1.71. The number of nitrogens with one attached hydrogen (secondary N) is 1. The zero-order chi connectivity index (χ0) is 21.9. The number of hydrogen-bond donors (Lipinski definition) is 1. The SMILES string of the molecule is COC(=O)N1[C@H](COC2CCC(c3cccc(F)c3)CC2)[C@H](NS(C)(=O)=O)C[C@@H]1C. The monoisotopic (exact) mass is 442 g/mol. The van der Waals surface area contributed by atoms with Crippen molar-refractivity contribution in [2.45, 2.75) is 69.2 Å². The first-order valence-electron chi connectivity index (χ1n) is 10.4. The second-order valence-corrected chi connectivity index (χ2v) is 10.2. The van der Waals surface area contributed by atoms with E-state index >= 15 is 0 Å². The molecule has 0 spiro atoms. The number of nitrogens with zero attached hydrogens (tertiary/aromatic N) is 1. The van der Waals surface area contributed by atoms with Gasteiger partial charge in [-0.3, -0.25) is 4.90 Å². The van der Waals surface area contributed by atoms with Crippen LogP contribution >= 0.6 is 0 Å². The minimum Gasteiger partial charge on any atom is -0.453 e. The van der Waals surface area contributed by atoms with E-state index in [0.717, 1.165) is 37.5 Å². The zero-order valence-electron chi connectivity index (χ0n) is 17.7. The topological polar surface area (TPSA) is 84.9 Å². The molecule has 3 rings (SSSR count). The Morgan fingerprint density at radius 2 is 1.97 bits per heavy atom. The Bertz CT molecular complexity index is 842. The lowest BCUT2D eigenvalue weighted by molar-refractivity contribution is -0.00860. The number of amides is 1. The van der Waals surface area contributed by atoms with Gasteiger partial charge in [-0.25, -0.2) is 22.3 Å². The van der Waals surface area contributed by atoms with Gasteiger partial charge >= 0.3 is 6.09 Å². The van der Waals surface area contributed by atoms with E-state index in [1.165, 1.54) is 13.2 Å². The number of sulfonamides is 1. The second kappa shape index (κ2) is 9.62. The number of hydrogen-bond acceptors (Lipinski definition) is 5. The maximum atomic E-state index is 13.5. The van der Waals surface area contributed by atoms with Crippen LogP contribution in [-0.4, -0.2) is 63.6 Å². The van der Waals surface area contributed by atoms with Gasteiger partial charge in [0.25, 0.3) is 0 Å². The van der Waals surface area contributed by atoms with Crippen LogP contribution in [0.2, 0.25) is 0 Å². The van der Waals surface area contributed by atoms with E-state index in [1.54, 1.807) is 17.0 Å². The van der Waals surface area contributed by atoms with E-state index in [9.17, 15) is 17.6 Å². The van der Waals surface area contributed by atoms with Crippen LogP contribution in [0.3, 0.4) is 0 Å². The van der Waals surface area contributed by atoms with E-state index in [0.29, 0.717) is 12.3 Å². The van der Waals surface area contributed by atoms with Crippen LogP contribution in [0, 0.1) is 5.82 Å². The first-order valence-corrected chi connectivity index (χ1v) is 12.3. The lowest BCUT2D eigenvalue weighted by atomic mass is 9.82. The highest BCUT2D eigenvalue weighted by atomic mass is 32.2. The van der Waals surface area contributed by atoms with Gasteiger partial charge < -0.3 is 9.47 Å². The molecule has 1 aromatic rings. The molecule has 1 saturated heterocycles. The van der Waals surface area contributed by atoms with Gasteiger partial charge in [-0.1, -0.05) is 12.1 Å². The molecule has 1 N–H and O–H groups in total. The summed E-state index contributed by atoms with van der Waals surface area (Å²) in [6.45, 7) is 2.11. The van der Waals surface area contributed by atoms with Crippen molar-refractivity contribution >= 4 is 16.1 Å². The predicted molar refractivity (Wildman–Crippen MR) is 111 cm³/mol. The quantitative estimate of drug-likeness (QED) is 0.732. The molecule has 1 amide bonds. The highest BCUT2D eigenvalue weighted by molar-refractivity contribution is 7.88. The van der Waals surface area contributed by atoms with Gasteiger partial charge in [-0.05, 0) is 62.6 Å². The predicted octanol–water partition coefficient (Wildman–Crippen LogP) is 3.02. The molecule has 2 fully saturated rings. The fourth-order valence-corrected chi connectivity index (χ4v) is 5.54. The van der Waals surface area contributed by atoms with Crippen molar-refractivity contribution < 1.29 is 27.1 Å². The summed E-state index contributed by atoms with van der Waals surface area (Å²) in [6.07, 6.45) is 4.65. The van der Waals surface area contributed by atoms with E-state index in [4.69, 9.17) is 9.47 Å². The van der Waals surface area contributed by atoms with Crippen molar-refractivity contribution in [3.8, 4) is 0 Å². The average Bonchev–Trinajstić information content (AvgIpc) is 2.99. The largest absolute Gasteiger partial charge is 0.453 e. The van der Waals surface area contributed by atoms with Gasteiger partial charge in [0.1, 0.15) is 5.82 Å². The number of methoxy groups -OCH3 is 1. The molecule has 0 unspecified atom stereocenters. The van der Waals surface area contributed by atoms with Crippen LogP contribution in [-0.2, 0) is 19.5 Å². The molecular formula is C21H31FN2O5S. The van der Waals surface area contributed by atoms with Crippen LogP contribution < -0.4 is 4.72 Å². The molecule has 1 aliphatic carbocycles.